The molecule has 1 amide bonds. The molecule has 0 bridgehead atoms. The molecular formula is C19H17F3N2O3S. The van der Waals surface area contributed by atoms with Crippen molar-refractivity contribution in [2.24, 2.45) is 0 Å². The molecule has 0 aliphatic rings. The van der Waals surface area contributed by atoms with Gasteiger partial charge in [0.1, 0.15) is 0 Å². The average Bonchev–Trinajstić information content (AvgIpc) is 3.05. The summed E-state index contributed by atoms with van der Waals surface area (Å²) in [5, 5.41) is 3.30. The number of aromatic amines is 1. The quantitative estimate of drug-likeness (QED) is 0.674. The van der Waals surface area contributed by atoms with Gasteiger partial charge in [0.2, 0.25) is 0 Å². The maximum absolute atomic E-state index is 13.4. The van der Waals surface area contributed by atoms with E-state index >= 15 is 0 Å². The van der Waals surface area contributed by atoms with Crippen molar-refractivity contribution in [1.82, 2.24) is 10.3 Å². The number of halogens is 3. The van der Waals surface area contributed by atoms with E-state index in [0.717, 1.165) is 23.2 Å². The highest BCUT2D eigenvalue weighted by atomic mass is 32.2. The molecule has 0 atom stereocenters. The molecule has 2 aromatic carbocycles. The van der Waals surface area contributed by atoms with E-state index in [1.165, 1.54) is 12.1 Å². The number of carbonyl (C=O) groups is 1. The van der Waals surface area contributed by atoms with Gasteiger partial charge in [-0.25, -0.2) is 8.42 Å². The lowest BCUT2D eigenvalue weighted by molar-refractivity contribution is -0.138. The maximum atomic E-state index is 13.4. The summed E-state index contributed by atoms with van der Waals surface area (Å²) >= 11 is 0. The molecule has 5 nitrogen and oxygen atoms in total. The van der Waals surface area contributed by atoms with Crippen molar-refractivity contribution in [1.29, 1.82) is 0 Å². The lowest BCUT2D eigenvalue weighted by Gasteiger charge is -2.15. The van der Waals surface area contributed by atoms with Crippen molar-refractivity contribution in [2.45, 2.75) is 18.5 Å². The van der Waals surface area contributed by atoms with Crippen molar-refractivity contribution in [3.05, 3.63) is 70.9 Å². The summed E-state index contributed by atoms with van der Waals surface area (Å²) in [4.78, 5) is 15.3. The normalized spacial score (nSPS) is 12.3. The van der Waals surface area contributed by atoms with E-state index in [0.29, 0.717) is 5.56 Å². The van der Waals surface area contributed by atoms with Gasteiger partial charge in [0.25, 0.3) is 5.91 Å². The zero-order chi connectivity index (χ0) is 20.5. The average molecular weight is 410 g/mol. The SMILES string of the molecule is CS(=O)(=O)Cc1ccc(CNC(=O)c2ccc3[nH]ccc3c2)c(C(F)(F)F)c1. The number of rotatable bonds is 5. The molecule has 148 valence electrons. The van der Waals surface area contributed by atoms with Gasteiger partial charge in [-0.1, -0.05) is 12.1 Å². The van der Waals surface area contributed by atoms with Crippen molar-refractivity contribution >= 4 is 26.6 Å². The van der Waals surface area contributed by atoms with Crippen LogP contribution in [0.25, 0.3) is 10.9 Å². The first-order valence-corrected chi connectivity index (χ1v) is 10.3. The summed E-state index contributed by atoms with van der Waals surface area (Å²) in [7, 11) is -3.47. The minimum atomic E-state index is -4.67. The molecule has 3 rings (SSSR count). The third-order valence-corrected chi connectivity index (χ3v) is 5.02. The fourth-order valence-electron chi connectivity index (χ4n) is 2.91. The van der Waals surface area contributed by atoms with Crippen LogP contribution in [0.3, 0.4) is 0 Å². The molecular weight excluding hydrogens is 393 g/mol. The molecule has 9 heteroatoms. The second kappa shape index (κ2) is 7.31. The third-order valence-electron chi connectivity index (χ3n) is 4.16. The summed E-state index contributed by atoms with van der Waals surface area (Å²) < 4.78 is 62.8. The Balaban J connectivity index is 1.81. The van der Waals surface area contributed by atoms with Crippen molar-refractivity contribution in [3.63, 3.8) is 0 Å². The zero-order valence-electron chi connectivity index (χ0n) is 14.8. The first kappa shape index (κ1) is 19.9. The van der Waals surface area contributed by atoms with Gasteiger partial charge in [-0.15, -0.1) is 0 Å². The largest absolute Gasteiger partial charge is 0.416 e. The van der Waals surface area contributed by atoms with Crippen LogP contribution in [0.4, 0.5) is 13.2 Å². The molecule has 0 aliphatic heterocycles. The highest BCUT2D eigenvalue weighted by molar-refractivity contribution is 7.89. The number of H-pyrrole nitrogens is 1. The molecule has 1 heterocycles. The molecule has 3 aromatic rings. The molecule has 1 aromatic heterocycles. The van der Waals surface area contributed by atoms with Crippen LogP contribution < -0.4 is 5.32 Å². The Morgan fingerprint density at radius 2 is 1.86 bits per heavy atom. The standard InChI is InChI=1S/C19H17F3N2O3S/c1-28(26,27)11-12-2-3-15(16(8-12)19(20,21)22)10-24-18(25)14-4-5-17-13(9-14)6-7-23-17/h2-9,23H,10-11H2,1H3,(H,24,25). The summed E-state index contributed by atoms with van der Waals surface area (Å²) in [6.07, 6.45) is -1.99. The zero-order valence-corrected chi connectivity index (χ0v) is 15.6. The fourth-order valence-corrected chi connectivity index (χ4v) is 3.69. The number of nitrogens with one attached hydrogen (secondary N) is 2. The highest BCUT2D eigenvalue weighted by Crippen LogP contribution is 2.33. The van der Waals surface area contributed by atoms with Gasteiger partial charge in [0.05, 0.1) is 11.3 Å². The molecule has 0 saturated heterocycles. The smallest absolute Gasteiger partial charge is 0.361 e. The number of carbonyl (C=O) groups excluding carboxylic acids is 1. The van der Waals surface area contributed by atoms with E-state index < -0.39 is 33.2 Å². The van der Waals surface area contributed by atoms with Gasteiger partial charge < -0.3 is 10.3 Å². The predicted molar refractivity (Wildman–Crippen MR) is 99.5 cm³/mol. The summed E-state index contributed by atoms with van der Waals surface area (Å²) in [5.74, 6) is -0.990. The van der Waals surface area contributed by atoms with Crippen LogP contribution in [0.5, 0.6) is 0 Å². The monoisotopic (exact) mass is 410 g/mol. The highest BCUT2D eigenvalue weighted by Gasteiger charge is 2.33. The lowest BCUT2D eigenvalue weighted by Crippen LogP contribution is -2.24. The van der Waals surface area contributed by atoms with Gasteiger partial charge in [0.15, 0.2) is 9.84 Å². The molecule has 0 fully saturated rings. The van der Waals surface area contributed by atoms with E-state index in [2.05, 4.69) is 10.3 Å². The van der Waals surface area contributed by atoms with E-state index in [1.807, 2.05) is 0 Å². The van der Waals surface area contributed by atoms with Crippen LogP contribution in [0, 0.1) is 0 Å². The number of hydrogen-bond donors (Lipinski definition) is 2. The number of fused-ring (bicyclic) bond motifs is 1. The number of benzene rings is 2. The Labute approximate surface area is 159 Å². The molecule has 0 aliphatic carbocycles. The Kier molecular flexibility index (Phi) is 5.20. The number of amides is 1. The summed E-state index contributed by atoms with van der Waals surface area (Å²) in [5.41, 5.74) is 0.116. The molecule has 0 radical (unpaired) electrons. The van der Waals surface area contributed by atoms with Crippen LogP contribution in [0.15, 0.2) is 48.7 Å². The molecule has 2 N–H and O–H groups in total. The Bertz CT molecular complexity index is 1130. The molecule has 28 heavy (non-hydrogen) atoms. The number of hydrogen-bond acceptors (Lipinski definition) is 3. The molecule has 0 spiro atoms. The fraction of sp³-hybridized carbons (Fsp3) is 0.211. The van der Waals surface area contributed by atoms with E-state index in [1.54, 1.807) is 30.5 Å². The van der Waals surface area contributed by atoms with Crippen molar-refractivity contribution in [3.8, 4) is 0 Å². The molecule has 0 unspecified atom stereocenters. The number of alkyl halides is 3. The minimum Gasteiger partial charge on any atom is -0.361 e. The van der Waals surface area contributed by atoms with Gasteiger partial charge >= 0.3 is 6.18 Å². The first-order valence-electron chi connectivity index (χ1n) is 8.25. The Hall–Kier alpha value is -2.81. The van der Waals surface area contributed by atoms with Gasteiger partial charge in [-0.05, 0) is 41.5 Å². The minimum absolute atomic E-state index is 0.0443. The molecule has 0 saturated carbocycles. The van der Waals surface area contributed by atoms with Crippen molar-refractivity contribution in [2.75, 3.05) is 6.26 Å². The van der Waals surface area contributed by atoms with Gasteiger partial charge in [0, 0.05) is 35.5 Å². The second-order valence-corrected chi connectivity index (χ2v) is 8.66. The summed E-state index contributed by atoms with van der Waals surface area (Å²) in [6.45, 7) is -0.335. The van der Waals surface area contributed by atoms with Crippen LogP contribution in [0.2, 0.25) is 0 Å². The van der Waals surface area contributed by atoms with E-state index in [9.17, 15) is 26.4 Å². The van der Waals surface area contributed by atoms with Gasteiger partial charge in [-0.3, -0.25) is 4.79 Å². The van der Waals surface area contributed by atoms with Crippen LogP contribution in [0.1, 0.15) is 27.0 Å². The first-order chi connectivity index (χ1) is 13.0. The second-order valence-electron chi connectivity index (χ2n) is 6.52. The van der Waals surface area contributed by atoms with Gasteiger partial charge in [-0.2, -0.15) is 13.2 Å². The number of aromatic nitrogens is 1. The number of sulfone groups is 1. The maximum Gasteiger partial charge on any atom is 0.416 e. The Morgan fingerprint density at radius 3 is 2.54 bits per heavy atom. The van der Waals surface area contributed by atoms with Crippen LogP contribution >= 0.6 is 0 Å². The van der Waals surface area contributed by atoms with Crippen LogP contribution in [-0.4, -0.2) is 25.6 Å². The lowest BCUT2D eigenvalue weighted by atomic mass is 10.0. The van der Waals surface area contributed by atoms with Crippen molar-refractivity contribution < 1.29 is 26.4 Å². The Morgan fingerprint density at radius 1 is 1.11 bits per heavy atom. The third kappa shape index (κ3) is 4.72. The van der Waals surface area contributed by atoms with E-state index in [-0.39, 0.29) is 17.7 Å². The summed E-state index contributed by atoms with van der Waals surface area (Å²) in [6, 6.07) is 10.0. The van der Waals surface area contributed by atoms with E-state index in [4.69, 9.17) is 0 Å². The van der Waals surface area contributed by atoms with Crippen LogP contribution in [-0.2, 0) is 28.3 Å². The topological polar surface area (TPSA) is 79.0 Å². The predicted octanol–water partition coefficient (Wildman–Crippen LogP) is 3.66.